The van der Waals surface area contributed by atoms with Crippen molar-refractivity contribution in [3.8, 4) is 0 Å². The lowest BCUT2D eigenvalue weighted by Gasteiger charge is -2.45. The van der Waals surface area contributed by atoms with E-state index in [0.29, 0.717) is 12.0 Å². The van der Waals surface area contributed by atoms with Crippen LogP contribution < -0.4 is 11.3 Å². The Hall–Kier alpha value is -0.120. The summed E-state index contributed by atoms with van der Waals surface area (Å²) in [7, 11) is 0. The predicted octanol–water partition coefficient (Wildman–Crippen LogP) is 3.63. The zero-order valence-corrected chi connectivity index (χ0v) is 13.4. The first kappa shape index (κ1) is 16.9. The van der Waals surface area contributed by atoms with Crippen LogP contribution in [0.25, 0.3) is 0 Å². The zero-order chi connectivity index (χ0) is 14.3. The molecule has 2 unspecified atom stereocenters. The molecule has 0 aromatic carbocycles. The van der Waals surface area contributed by atoms with E-state index in [1.165, 1.54) is 25.7 Å². The van der Waals surface area contributed by atoms with Crippen LogP contribution in [0.5, 0.6) is 0 Å². The van der Waals surface area contributed by atoms with Gasteiger partial charge in [-0.15, -0.1) is 0 Å². The SMILES string of the molecule is CCCC(C)CC(NN)C1(OCC)CCC(C)CC1. The van der Waals surface area contributed by atoms with E-state index in [2.05, 4.69) is 33.1 Å². The Morgan fingerprint density at radius 3 is 2.42 bits per heavy atom. The van der Waals surface area contributed by atoms with Crippen LogP contribution in [0.2, 0.25) is 0 Å². The van der Waals surface area contributed by atoms with E-state index < -0.39 is 0 Å². The Morgan fingerprint density at radius 2 is 1.95 bits per heavy atom. The van der Waals surface area contributed by atoms with Gasteiger partial charge in [-0.25, -0.2) is 0 Å². The third kappa shape index (κ3) is 4.73. The molecule has 1 saturated carbocycles. The summed E-state index contributed by atoms with van der Waals surface area (Å²) in [5.74, 6) is 7.41. The highest BCUT2D eigenvalue weighted by Gasteiger charge is 2.41. The number of hydrogen-bond acceptors (Lipinski definition) is 3. The first-order valence-electron chi connectivity index (χ1n) is 8.18. The lowest BCUT2D eigenvalue weighted by molar-refractivity contribution is -0.100. The molecule has 1 rings (SSSR count). The molecule has 0 aliphatic heterocycles. The van der Waals surface area contributed by atoms with Crippen molar-refractivity contribution in [2.75, 3.05) is 6.61 Å². The summed E-state index contributed by atoms with van der Waals surface area (Å²) >= 11 is 0. The summed E-state index contributed by atoms with van der Waals surface area (Å²) in [5, 5.41) is 0. The van der Waals surface area contributed by atoms with Gasteiger partial charge in [0.05, 0.1) is 11.6 Å². The molecule has 1 aliphatic rings. The minimum atomic E-state index is -0.0298. The Labute approximate surface area is 119 Å². The van der Waals surface area contributed by atoms with E-state index in [1.54, 1.807) is 0 Å². The molecular weight excluding hydrogens is 236 g/mol. The van der Waals surface area contributed by atoms with Crippen LogP contribution in [-0.4, -0.2) is 18.2 Å². The van der Waals surface area contributed by atoms with Gasteiger partial charge in [0.1, 0.15) is 0 Å². The van der Waals surface area contributed by atoms with Crippen molar-refractivity contribution in [3.05, 3.63) is 0 Å². The van der Waals surface area contributed by atoms with Gasteiger partial charge in [0.2, 0.25) is 0 Å². The van der Waals surface area contributed by atoms with E-state index >= 15 is 0 Å². The molecule has 0 saturated heterocycles. The molecule has 19 heavy (non-hydrogen) atoms. The number of rotatable bonds is 8. The Kier molecular flexibility index (Phi) is 7.33. The molecule has 2 atom stereocenters. The summed E-state index contributed by atoms with van der Waals surface area (Å²) in [6.07, 6.45) is 8.47. The van der Waals surface area contributed by atoms with Crippen molar-refractivity contribution in [1.29, 1.82) is 0 Å². The van der Waals surface area contributed by atoms with Gasteiger partial charge in [-0.2, -0.15) is 0 Å². The van der Waals surface area contributed by atoms with E-state index in [0.717, 1.165) is 31.8 Å². The van der Waals surface area contributed by atoms with Gasteiger partial charge >= 0.3 is 0 Å². The molecule has 1 fully saturated rings. The first-order valence-corrected chi connectivity index (χ1v) is 8.18. The highest BCUT2D eigenvalue weighted by Crippen LogP contribution is 2.39. The van der Waals surface area contributed by atoms with Gasteiger partial charge in [-0.05, 0) is 50.9 Å². The molecule has 3 N–H and O–H groups in total. The second-order valence-corrected chi connectivity index (χ2v) is 6.53. The average Bonchev–Trinajstić information content (AvgIpc) is 2.39. The maximum absolute atomic E-state index is 6.21. The normalized spacial score (nSPS) is 31.1. The molecule has 0 bridgehead atoms. The van der Waals surface area contributed by atoms with Crippen molar-refractivity contribution in [1.82, 2.24) is 5.43 Å². The molecule has 0 aromatic rings. The molecule has 1 aliphatic carbocycles. The van der Waals surface area contributed by atoms with Gasteiger partial charge in [0.15, 0.2) is 0 Å². The lowest BCUT2D eigenvalue weighted by Crippen LogP contribution is -2.57. The Bertz CT molecular complexity index is 237. The van der Waals surface area contributed by atoms with Crippen molar-refractivity contribution >= 4 is 0 Å². The van der Waals surface area contributed by atoms with Crippen molar-refractivity contribution in [2.24, 2.45) is 17.7 Å². The monoisotopic (exact) mass is 270 g/mol. The van der Waals surface area contributed by atoms with Crippen LogP contribution in [0.1, 0.15) is 72.6 Å². The minimum Gasteiger partial charge on any atom is -0.374 e. The first-order chi connectivity index (χ1) is 9.07. The average molecular weight is 270 g/mol. The second kappa shape index (κ2) is 8.23. The number of hydrogen-bond donors (Lipinski definition) is 2. The maximum Gasteiger partial charge on any atom is 0.0848 e. The van der Waals surface area contributed by atoms with Crippen molar-refractivity contribution in [2.45, 2.75) is 84.3 Å². The van der Waals surface area contributed by atoms with E-state index in [4.69, 9.17) is 10.6 Å². The molecule has 0 spiro atoms. The Morgan fingerprint density at radius 1 is 1.32 bits per heavy atom. The molecule has 0 aromatic heterocycles. The minimum absolute atomic E-state index is 0.0298. The van der Waals surface area contributed by atoms with E-state index in [-0.39, 0.29) is 5.60 Å². The third-order valence-corrected chi connectivity index (χ3v) is 4.81. The van der Waals surface area contributed by atoms with Crippen LogP contribution in [0.3, 0.4) is 0 Å². The fourth-order valence-corrected chi connectivity index (χ4v) is 3.58. The summed E-state index contributed by atoms with van der Waals surface area (Å²) in [6.45, 7) is 9.82. The molecule has 3 nitrogen and oxygen atoms in total. The van der Waals surface area contributed by atoms with Crippen LogP contribution in [0.4, 0.5) is 0 Å². The predicted molar refractivity (Wildman–Crippen MR) is 81.8 cm³/mol. The summed E-state index contributed by atoms with van der Waals surface area (Å²) in [4.78, 5) is 0. The summed E-state index contributed by atoms with van der Waals surface area (Å²) in [6, 6.07) is 0.293. The smallest absolute Gasteiger partial charge is 0.0848 e. The van der Waals surface area contributed by atoms with E-state index in [1.807, 2.05) is 0 Å². The highest BCUT2D eigenvalue weighted by atomic mass is 16.5. The van der Waals surface area contributed by atoms with Crippen LogP contribution in [-0.2, 0) is 4.74 Å². The fourth-order valence-electron chi connectivity index (χ4n) is 3.58. The van der Waals surface area contributed by atoms with Crippen LogP contribution >= 0.6 is 0 Å². The second-order valence-electron chi connectivity index (χ2n) is 6.53. The number of ether oxygens (including phenoxy) is 1. The van der Waals surface area contributed by atoms with Crippen LogP contribution in [0, 0.1) is 11.8 Å². The van der Waals surface area contributed by atoms with Crippen molar-refractivity contribution in [3.63, 3.8) is 0 Å². The molecule has 0 radical (unpaired) electrons. The molecular formula is C16H34N2O. The van der Waals surface area contributed by atoms with Gasteiger partial charge in [-0.3, -0.25) is 11.3 Å². The molecule has 114 valence electrons. The zero-order valence-electron chi connectivity index (χ0n) is 13.4. The summed E-state index contributed by atoms with van der Waals surface area (Å²) in [5.41, 5.74) is 3.05. The topological polar surface area (TPSA) is 47.3 Å². The molecule has 0 amide bonds. The largest absolute Gasteiger partial charge is 0.374 e. The maximum atomic E-state index is 6.21. The molecule has 3 heteroatoms. The number of hydrazine groups is 1. The van der Waals surface area contributed by atoms with Crippen molar-refractivity contribution < 1.29 is 4.74 Å². The lowest BCUT2D eigenvalue weighted by atomic mass is 9.73. The number of nitrogens with two attached hydrogens (primary N) is 1. The van der Waals surface area contributed by atoms with Gasteiger partial charge in [0, 0.05) is 6.61 Å². The quantitative estimate of drug-likeness (QED) is 0.523. The Balaban J connectivity index is 2.70. The highest BCUT2D eigenvalue weighted by molar-refractivity contribution is 4.96. The standard InChI is InChI=1S/C16H34N2O/c1-5-7-14(4)12-15(18-17)16(19-6-2)10-8-13(3)9-11-16/h13-15,18H,5-12,17H2,1-4H3. The van der Waals surface area contributed by atoms with E-state index in [9.17, 15) is 0 Å². The van der Waals surface area contributed by atoms with Gasteiger partial charge < -0.3 is 4.74 Å². The molecule has 0 heterocycles. The number of nitrogens with one attached hydrogen (secondary N) is 1. The fraction of sp³-hybridized carbons (Fsp3) is 1.00. The third-order valence-electron chi connectivity index (χ3n) is 4.81. The van der Waals surface area contributed by atoms with Gasteiger partial charge in [0.25, 0.3) is 0 Å². The van der Waals surface area contributed by atoms with Crippen LogP contribution in [0.15, 0.2) is 0 Å². The summed E-state index contributed by atoms with van der Waals surface area (Å²) < 4.78 is 6.21. The van der Waals surface area contributed by atoms with Gasteiger partial charge in [-0.1, -0.05) is 33.6 Å².